The number of aliphatic hydroxyl groups excluding tert-OH is 4. The second kappa shape index (κ2) is 15.4. The summed E-state index contributed by atoms with van der Waals surface area (Å²) < 4.78 is 18.6. The van der Waals surface area contributed by atoms with Gasteiger partial charge in [0.05, 0.1) is 0 Å². The Labute approximate surface area is 281 Å². The van der Waals surface area contributed by atoms with Crippen molar-refractivity contribution >= 4 is 17.5 Å². The predicted molar refractivity (Wildman–Crippen MR) is 173 cm³/mol. The van der Waals surface area contributed by atoms with Gasteiger partial charge in [-0.25, -0.2) is 4.79 Å². The van der Waals surface area contributed by atoms with Crippen molar-refractivity contribution in [3.8, 4) is 0 Å². The molecule has 5 rings (SSSR count). The van der Waals surface area contributed by atoms with E-state index in [1.54, 1.807) is 25.3 Å². The summed E-state index contributed by atoms with van der Waals surface area (Å²) in [5.74, 6) is -1.24. The highest BCUT2D eigenvalue weighted by molar-refractivity contribution is 6.06. The number of anilines is 1. The lowest BCUT2D eigenvalue weighted by molar-refractivity contribution is -0.232. The maximum Gasteiger partial charge on any atom is 0.330 e. The Hall–Kier alpha value is -3.78. The van der Waals surface area contributed by atoms with E-state index in [1.165, 1.54) is 11.9 Å². The van der Waals surface area contributed by atoms with Crippen molar-refractivity contribution in [3.63, 3.8) is 0 Å². The number of hydrogen-bond acceptors (Lipinski definition) is 13. The van der Waals surface area contributed by atoms with Gasteiger partial charge in [-0.3, -0.25) is 28.8 Å². The largest absolute Gasteiger partial charge is 0.387 e. The van der Waals surface area contributed by atoms with Crippen LogP contribution in [0.4, 0.5) is 5.69 Å². The van der Waals surface area contributed by atoms with Gasteiger partial charge >= 0.3 is 5.69 Å². The van der Waals surface area contributed by atoms with Crippen molar-refractivity contribution in [2.75, 3.05) is 32.5 Å². The average molecular weight is 689 g/mol. The van der Waals surface area contributed by atoms with Crippen LogP contribution in [0.5, 0.6) is 0 Å². The number of nitrogens with two attached hydrogens (primary N) is 1. The molecule has 2 aromatic rings. The van der Waals surface area contributed by atoms with Gasteiger partial charge in [0, 0.05) is 38.1 Å². The summed E-state index contributed by atoms with van der Waals surface area (Å²) in [5, 5.41) is 46.3. The summed E-state index contributed by atoms with van der Waals surface area (Å²) >= 11 is 0. The maximum absolute atomic E-state index is 14.3. The van der Waals surface area contributed by atoms with E-state index >= 15 is 0 Å². The number of benzene rings is 1. The zero-order valence-electron chi connectivity index (χ0n) is 27.4. The molecule has 3 unspecified atom stereocenters. The highest BCUT2D eigenvalue weighted by atomic mass is 16.7. The van der Waals surface area contributed by atoms with Crippen LogP contribution >= 0.6 is 0 Å². The zero-order valence-corrected chi connectivity index (χ0v) is 27.4. The van der Waals surface area contributed by atoms with Gasteiger partial charge in [-0.15, -0.1) is 0 Å². The van der Waals surface area contributed by atoms with Crippen molar-refractivity contribution < 1.29 is 44.2 Å². The molecule has 4 heterocycles. The Morgan fingerprint density at radius 2 is 1.76 bits per heavy atom. The molecular weight excluding hydrogens is 644 g/mol. The third-order valence-corrected chi connectivity index (χ3v) is 9.13. The number of amides is 2. The third-order valence-electron chi connectivity index (χ3n) is 9.13. The third kappa shape index (κ3) is 7.54. The van der Waals surface area contributed by atoms with Crippen LogP contribution in [0.3, 0.4) is 0 Å². The number of aliphatic hydroxyl groups is 4. The Kier molecular flexibility index (Phi) is 11.5. The first-order valence-electron chi connectivity index (χ1n) is 16.1. The number of H-pyrrole nitrogens is 1. The van der Waals surface area contributed by atoms with Crippen LogP contribution in [0.25, 0.3) is 0 Å². The minimum Gasteiger partial charge on any atom is -0.387 e. The van der Waals surface area contributed by atoms with Gasteiger partial charge in [-0.2, -0.15) is 0 Å². The number of ether oxygens (including phenoxy) is 3. The minimum absolute atomic E-state index is 0.0227. The smallest absolute Gasteiger partial charge is 0.330 e. The predicted octanol–water partition coefficient (Wildman–Crippen LogP) is -2.42. The standard InChI is InChI=1S/C32H44N6O11/c1-4-5-6-16-7-9-17(10-8-16)34-28(44)18-11-13-36(2)21(29(45)37(18)3)26(49-31-25(43)22(40)19(15-33)47-31)27-23(41)24(42)30(48-27)38-14-12-20(39)35-32(38)46/h7-12,14,19,21-27,30-31,40-43H,4-6,13,15,33H2,1-3H3,(H,34,44)(H,35,39,46)/t19-,21?,22-,23+,24-,25-,26?,27+,30?,31+/m1/s1. The Morgan fingerprint density at radius 3 is 2.39 bits per heavy atom. The van der Waals surface area contributed by atoms with Crippen LogP contribution in [-0.2, 0) is 30.2 Å². The van der Waals surface area contributed by atoms with Crippen molar-refractivity contribution in [3.05, 3.63) is 74.7 Å². The molecule has 268 valence electrons. The van der Waals surface area contributed by atoms with Crippen LogP contribution in [0.15, 0.2) is 57.9 Å². The summed E-state index contributed by atoms with van der Waals surface area (Å²) in [5.41, 5.74) is 5.74. The van der Waals surface area contributed by atoms with Crippen LogP contribution in [0.2, 0.25) is 0 Å². The number of nitrogens with one attached hydrogen (secondary N) is 2. The van der Waals surface area contributed by atoms with Crippen LogP contribution in [0.1, 0.15) is 31.6 Å². The SMILES string of the molecule is CCCCc1ccc(NC(=O)C2=CCN(C)C(C(O[C@@H]3O[C@H](CN)[C@@H](O)[C@H]3O)[C@H]3OC(n4ccc(=O)[nH]c4=O)[C@H](O)[C@@H]3O)C(=O)N2C)cc1. The van der Waals surface area contributed by atoms with Gasteiger partial charge < -0.3 is 50.6 Å². The van der Waals surface area contributed by atoms with Crippen molar-refractivity contribution in [2.24, 2.45) is 5.73 Å². The van der Waals surface area contributed by atoms with Gasteiger partial charge in [-0.05, 0) is 43.7 Å². The lowest BCUT2D eigenvalue weighted by atomic mass is 9.97. The molecule has 3 aliphatic rings. The maximum atomic E-state index is 14.3. The second-order valence-corrected chi connectivity index (χ2v) is 12.5. The summed E-state index contributed by atoms with van der Waals surface area (Å²) in [7, 11) is 2.95. The number of aromatic amines is 1. The lowest BCUT2D eigenvalue weighted by Gasteiger charge is -2.38. The fourth-order valence-corrected chi connectivity index (χ4v) is 6.28. The number of aryl methyl sites for hydroxylation is 1. The first-order valence-corrected chi connectivity index (χ1v) is 16.1. The van der Waals surface area contributed by atoms with Crippen molar-refractivity contribution in [1.82, 2.24) is 19.4 Å². The number of likely N-dealkylation sites (N-methyl/N-ethyl adjacent to an activating group) is 2. The van der Waals surface area contributed by atoms with Gasteiger partial charge in [0.15, 0.2) is 12.5 Å². The first-order chi connectivity index (χ1) is 23.4. The Bertz CT molecular complexity index is 1630. The molecule has 0 bridgehead atoms. The minimum atomic E-state index is -1.77. The molecule has 0 spiro atoms. The fourth-order valence-electron chi connectivity index (χ4n) is 6.28. The molecule has 2 fully saturated rings. The number of hydrogen-bond donors (Lipinski definition) is 7. The molecule has 49 heavy (non-hydrogen) atoms. The molecule has 0 saturated carbocycles. The van der Waals surface area contributed by atoms with Gasteiger partial charge in [0.2, 0.25) is 5.91 Å². The zero-order chi connectivity index (χ0) is 35.6. The molecule has 3 aliphatic heterocycles. The topological polar surface area (TPSA) is 242 Å². The summed E-state index contributed by atoms with van der Waals surface area (Å²) in [6.45, 7) is 1.96. The molecule has 1 aromatic carbocycles. The summed E-state index contributed by atoms with van der Waals surface area (Å²) in [6.07, 6.45) is -8.12. The summed E-state index contributed by atoms with van der Waals surface area (Å²) in [4.78, 5) is 56.6. The van der Waals surface area contributed by atoms with E-state index in [2.05, 4.69) is 17.2 Å². The molecule has 0 radical (unpaired) electrons. The molecule has 8 N–H and O–H groups in total. The Balaban J connectivity index is 1.43. The van der Waals surface area contributed by atoms with Gasteiger partial charge in [-0.1, -0.05) is 25.5 Å². The molecule has 2 amide bonds. The number of nitrogens with zero attached hydrogens (tertiary/aromatic N) is 3. The van der Waals surface area contributed by atoms with E-state index in [9.17, 15) is 39.6 Å². The number of carbonyl (C=O) groups is 2. The van der Waals surface area contributed by atoms with E-state index in [-0.39, 0.29) is 18.8 Å². The average Bonchev–Trinajstić information content (AvgIpc) is 3.48. The second-order valence-electron chi connectivity index (χ2n) is 12.5. The molecule has 10 atom stereocenters. The normalized spacial score (nSPS) is 31.4. The number of unbranched alkanes of at least 4 members (excludes halogenated alkanes) is 1. The van der Waals surface area contributed by atoms with Gasteiger partial charge in [0.1, 0.15) is 54.5 Å². The molecule has 0 aliphatic carbocycles. The Morgan fingerprint density at radius 1 is 1.04 bits per heavy atom. The van der Waals surface area contributed by atoms with E-state index in [4.69, 9.17) is 19.9 Å². The van der Waals surface area contributed by atoms with Crippen LogP contribution in [0, 0.1) is 0 Å². The van der Waals surface area contributed by atoms with E-state index in [0.29, 0.717) is 5.69 Å². The molecule has 1 aromatic heterocycles. The fraction of sp³-hybridized carbons (Fsp3) is 0.562. The number of aromatic nitrogens is 2. The highest BCUT2D eigenvalue weighted by Crippen LogP contribution is 2.36. The molecular formula is C32H44N6O11. The van der Waals surface area contributed by atoms with E-state index in [1.807, 2.05) is 12.1 Å². The molecule has 17 heteroatoms. The first kappa shape index (κ1) is 36.5. The highest BCUT2D eigenvalue weighted by Gasteiger charge is 2.55. The number of rotatable bonds is 11. The lowest BCUT2D eigenvalue weighted by Crippen LogP contribution is -2.59. The molecule has 17 nitrogen and oxygen atoms in total. The van der Waals surface area contributed by atoms with E-state index < -0.39 is 84.4 Å². The molecule has 2 saturated heterocycles. The van der Waals surface area contributed by atoms with Crippen LogP contribution in [-0.4, -0.2) is 134 Å². The quantitative estimate of drug-likeness (QED) is 0.130. The summed E-state index contributed by atoms with van der Waals surface area (Å²) in [6, 6.07) is 7.10. The monoisotopic (exact) mass is 688 g/mol. The van der Waals surface area contributed by atoms with Crippen LogP contribution < -0.4 is 22.3 Å². The number of carbonyl (C=O) groups excluding carboxylic acids is 2. The van der Waals surface area contributed by atoms with E-state index in [0.717, 1.165) is 46.6 Å². The van der Waals surface area contributed by atoms with Gasteiger partial charge in [0.25, 0.3) is 11.5 Å². The van der Waals surface area contributed by atoms with Crippen molar-refractivity contribution in [1.29, 1.82) is 0 Å². The van der Waals surface area contributed by atoms with Crippen molar-refractivity contribution in [2.45, 2.75) is 87.5 Å².